The van der Waals surface area contributed by atoms with E-state index < -0.39 is 10.8 Å². The summed E-state index contributed by atoms with van der Waals surface area (Å²) in [6.07, 6.45) is 3.94. The number of carbonyl (C=O) groups excluding carboxylic acids is 2. The quantitative estimate of drug-likeness (QED) is 0.785. The molecule has 1 atom stereocenters. The predicted molar refractivity (Wildman–Crippen MR) is 107 cm³/mol. The number of aliphatic hydroxyl groups excluding tert-OH is 1. The molecule has 1 aromatic carbocycles. The van der Waals surface area contributed by atoms with Crippen molar-refractivity contribution in [1.82, 2.24) is 9.80 Å². The summed E-state index contributed by atoms with van der Waals surface area (Å²) in [6.45, 7) is 2.15. The summed E-state index contributed by atoms with van der Waals surface area (Å²) in [5.41, 5.74) is -0.150. The van der Waals surface area contributed by atoms with Gasteiger partial charge < -0.3 is 24.4 Å². The summed E-state index contributed by atoms with van der Waals surface area (Å²) < 4.78 is 10.9. The van der Waals surface area contributed by atoms with Crippen LogP contribution in [0.25, 0.3) is 0 Å². The molecule has 1 aliphatic carbocycles. The van der Waals surface area contributed by atoms with Gasteiger partial charge in [0.05, 0.1) is 31.7 Å². The molecule has 29 heavy (non-hydrogen) atoms. The molecule has 2 saturated heterocycles. The number of hydrogen-bond donors (Lipinski definition) is 1. The van der Waals surface area contributed by atoms with E-state index in [-0.39, 0.29) is 18.4 Å². The fourth-order valence-corrected chi connectivity index (χ4v) is 4.94. The molecule has 0 radical (unpaired) electrons. The molecular formula is C22H30N2O5. The fourth-order valence-electron chi connectivity index (χ4n) is 4.94. The maximum Gasteiger partial charge on any atom is 0.231 e. The van der Waals surface area contributed by atoms with Crippen molar-refractivity contribution in [2.75, 3.05) is 40.5 Å². The zero-order valence-electron chi connectivity index (χ0n) is 17.3. The molecule has 2 heterocycles. The maximum absolute atomic E-state index is 13.5. The molecule has 1 saturated carbocycles. The molecule has 7 nitrogen and oxygen atoms in total. The lowest BCUT2D eigenvalue weighted by atomic mass is 9.78. The monoisotopic (exact) mass is 402 g/mol. The van der Waals surface area contributed by atoms with Crippen molar-refractivity contribution in [2.24, 2.45) is 10.8 Å². The molecule has 0 bridgehead atoms. The zero-order chi connectivity index (χ0) is 20.6. The minimum Gasteiger partial charge on any atom is -0.493 e. The average molecular weight is 402 g/mol. The number of methoxy groups -OCH3 is 2. The van der Waals surface area contributed by atoms with E-state index in [4.69, 9.17) is 9.47 Å². The molecule has 2 amide bonds. The Hall–Kier alpha value is -2.28. The van der Waals surface area contributed by atoms with Gasteiger partial charge in [-0.05, 0) is 38.2 Å². The third-order valence-electron chi connectivity index (χ3n) is 6.92. The van der Waals surface area contributed by atoms with Crippen molar-refractivity contribution >= 4 is 11.8 Å². The lowest BCUT2D eigenvalue weighted by Gasteiger charge is -2.39. The van der Waals surface area contributed by atoms with Crippen molar-refractivity contribution in [3.8, 4) is 11.5 Å². The van der Waals surface area contributed by atoms with Crippen molar-refractivity contribution in [3.63, 3.8) is 0 Å². The maximum atomic E-state index is 13.5. The Morgan fingerprint density at radius 1 is 1.14 bits per heavy atom. The van der Waals surface area contributed by atoms with Gasteiger partial charge in [0, 0.05) is 31.7 Å². The second kappa shape index (κ2) is 7.52. The first-order valence-corrected chi connectivity index (χ1v) is 10.4. The number of benzene rings is 1. The lowest BCUT2D eigenvalue weighted by Crippen LogP contribution is -2.50. The number of para-hydroxylation sites is 1. The van der Waals surface area contributed by atoms with Gasteiger partial charge in [-0.3, -0.25) is 9.59 Å². The van der Waals surface area contributed by atoms with E-state index in [1.54, 1.807) is 14.2 Å². The van der Waals surface area contributed by atoms with Gasteiger partial charge in [-0.2, -0.15) is 0 Å². The first kappa shape index (κ1) is 20.0. The van der Waals surface area contributed by atoms with Gasteiger partial charge in [-0.1, -0.05) is 12.1 Å². The minimum atomic E-state index is -0.573. The highest BCUT2D eigenvalue weighted by Gasteiger charge is 2.56. The highest BCUT2D eigenvalue weighted by atomic mass is 16.5. The van der Waals surface area contributed by atoms with Gasteiger partial charge in [0.15, 0.2) is 11.5 Å². The summed E-state index contributed by atoms with van der Waals surface area (Å²) in [5.74, 6) is 1.46. The van der Waals surface area contributed by atoms with Crippen LogP contribution in [0.4, 0.5) is 0 Å². The minimum absolute atomic E-state index is 0.0243. The molecule has 3 fully saturated rings. The van der Waals surface area contributed by atoms with Gasteiger partial charge in [0.2, 0.25) is 11.8 Å². The lowest BCUT2D eigenvalue weighted by molar-refractivity contribution is -0.147. The number of piperidine rings is 1. The van der Waals surface area contributed by atoms with Crippen LogP contribution in [0.2, 0.25) is 0 Å². The van der Waals surface area contributed by atoms with E-state index in [1.165, 1.54) is 0 Å². The van der Waals surface area contributed by atoms with Crippen molar-refractivity contribution in [1.29, 1.82) is 0 Å². The summed E-state index contributed by atoms with van der Waals surface area (Å²) in [5, 5.41) is 9.59. The Balaban J connectivity index is 1.50. The summed E-state index contributed by atoms with van der Waals surface area (Å²) in [4.78, 5) is 30.0. The second-order valence-electron chi connectivity index (χ2n) is 8.68. The number of carbonyl (C=O) groups is 2. The van der Waals surface area contributed by atoms with Gasteiger partial charge >= 0.3 is 0 Å². The highest BCUT2D eigenvalue weighted by molar-refractivity contribution is 5.89. The zero-order valence-corrected chi connectivity index (χ0v) is 17.3. The number of rotatable bonds is 6. The van der Waals surface area contributed by atoms with Crippen LogP contribution in [-0.2, 0) is 16.1 Å². The number of nitrogens with zero attached hydrogens (tertiary/aromatic N) is 2. The van der Waals surface area contributed by atoms with Crippen LogP contribution < -0.4 is 9.47 Å². The summed E-state index contributed by atoms with van der Waals surface area (Å²) in [6, 6.07) is 5.70. The van der Waals surface area contributed by atoms with Crippen LogP contribution in [0.1, 0.15) is 37.7 Å². The predicted octanol–water partition coefficient (Wildman–Crippen LogP) is 1.82. The van der Waals surface area contributed by atoms with Crippen molar-refractivity contribution < 1.29 is 24.2 Å². The van der Waals surface area contributed by atoms with E-state index in [0.717, 1.165) is 31.2 Å². The number of aliphatic hydroxyl groups is 1. The first-order valence-electron chi connectivity index (χ1n) is 10.4. The Kier molecular flexibility index (Phi) is 5.19. The Morgan fingerprint density at radius 3 is 2.59 bits per heavy atom. The molecular weight excluding hydrogens is 372 g/mol. The largest absolute Gasteiger partial charge is 0.493 e. The normalized spacial score (nSPS) is 25.4. The summed E-state index contributed by atoms with van der Waals surface area (Å²) >= 11 is 0. The Morgan fingerprint density at radius 2 is 1.93 bits per heavy atom. The van der Waals surface area contributed by atoms with Crippen LogP contribution in [-0.4, -0.2) is 67.2 Å². The molecule has 1 N–H and O–H groups in total. The van der Waals surface area contributed by atoms with Gasteiger partial charge in [-0.15, -0.1) is 0 Å². The number of likely N-dealkylation sites (tertiary alicyclic amines) is 2. The van der Waals surface area contributed by atoms with E-state index in [1.807, 2.05) is 28.0 Å². The van der Waals surface area contributed by atoms with Crippen LogP contribution in [0.5, 0.6) is 11.5 Å². The van der Waals surface area contributed by atoms with Crippen LogP contribution in [0, 0.1) is 10.8 Å². The van der Waals surface area contributed by atoms with Crippen molar-refractivity contribution in [3.05, 3.63) is 23.8 Å². The topological polar surface area (TPSA) is 79.3 Å². The molecule has 3 aliphatic rings. The molecule has 0 unspecified atom stereocenters. The Bertz CT molecular complexity index is 806. The molecule has 1 aromatic rings. The fraction of sp³-hybridized carbons (Fsp3) is 0.636. The molecule has 2 aliphatic heterocycles. The molecule has 1 spiro atoms. The SMILES string of the molecule is COc1cccc(CN2CCC[C@@]3(CCN(C(=O)C4(CO)CC4)C3)C2=O)c1OC. The second-order valence-corrected chi connectivity index (χ2v) is 8.68. The van der Waals surface area contributed by atoms with E-state index in [2.05, 4.69) is 0 Å². The molecule has 158 valence electrons. The Labute approximate surface area is 171 Å². The number of ether oxygens (including phenoxy) is 2. The van der Waals surface area contributed by atoms with Gasteiger partial charge in [0.1, 0.15) is 0 Å². The average Bonchev–Trinajstić information content (AvgIpc) is 3.44. The molecule has 7 heteroatoms. The van der Waals surface area contributed by atoms with Crippen LogP contribution in [0.15, 0.2) is 18.2 Å². The smallest absolute Gasteiger partial charge is 0.231 e. The van der Waals surface area contributed by atoms with Crippen LogP contribution >= 0.6 is 0 Å². The molecule has 4 rings (SSSR count). The first-order chi connectivity index (χ1) is 14.0. The highest BCUT2D eigenvalue weighted by Crippen LogP contribution is 2.49. The molecule has 0 aromatic heterocycles. The summed E-state index contributed by atoms with van der Waals surface area (Å²) in [7, 11) is 3.21. The van der Waals surface area contributed by atoms with E-state index >= 15 is 0 Å². The van der Waals surface area contributed by atoms with Gasteiger partial charge in [-0.25, -0.2) is 0 Å². The standard InChI is InChI=1S/C22H30N2O5/c1-28-17-6-3-5-16(18(17)29-2)13-23-11-4-7-21(19(23)26)10-12-24(14-21)20(27)22(15-25)8-9-22/h3,5-6,25H,4,7-15H2,1-2H3/t21-/m0/s1. The third kappa shape index (κ3) is 3.35. The third-order valence-corrected chi connectivity index (χ3v) is 6.92. The van der Waals surface area contributed by atoms with Gasteiger partial charge in [0.25, 0.3) is 0 Å². The van der Waals surface area contributed by atoms with E-state index in [0.29, 0.717) is 44.1 Å². The number of amides is 2. The number of hydrogen-bond acceptors (Lipinski definition) is 5. The van der Waals surface area contributed by atoms with Crippen LogP contribution in [0.3, 0.4) is 0 Å². The van der Waals surface area contributed by atoms with Crippen molar-refractivity contribution in [2.45, 2.75) is 38.6 Å². The van der Waals surface area contributed by atoms with E-state index in [9.17, 15) is 14.7 Å².